The average molecular weight is 192 g/mol. The Morgan fingerprint density at radius 2 is 1.92 bits per heavy atom. The Kier molecular flexibility index (Phi) is 1.87. The normalized spacial score (nSPS) is 28.1. The van der Waals surface area contributed by atoms with Crippen molar-refractivity contribution in [3.63, 3.8) is 0 Å². The van der Waals surface area contributed by atoms with Crippen LogP contribution in [0.25, 0.3) is 0 Å². The highest BCUT2D eigenvalue weighted by atomic mass is 32.2. The van der Waals surface area contributed by atoms with E-state index in [0.29, 0.717) is 19.1 Å². The third-order valence-electron chi connectivity index (χ3n) is 2.48. The van der Waals surface area contributed by atoms with E-state index in [2.05, 4.69) is 4.90 Å². The molecule has 0 atom stereocenters. The number of hydrogen-bond acceptors (Lipinski definition) is 4. The van der Waals surface area contributed by atoms with Crippen LogP contribution in [-0.2, 0) is 14.8 Å². The summed E-state index contributed by atoms with van der Waals surface area (Å²) in [7, 11) is -3.30. The Balaban J connectivity index is 1.83. The minimum absolute atomic E-state index is 0.349. The van der Waals surface area contributed by atoms with Crippen LogP contribution in [0.1, 0.15) is 0 Å². The lowest BCUT2D eigenvalue weighted by atomic mass is 10.1. The fraction of sp³-hybridized carbons (Fsp3) is 1.00. The fourth-order valence-electron chi connectivity index (χ4n) is 1.41. The lowest BCUT2D eigenvalue weighted by molar-refractivity contribution is -0.0830. The number of likely N-dealkylation sites (tertiary alicyclic amines) is 1. The van der Waals surface area contributed by atoms with Gasteiger partial charge in [0.15, 0.2) is 0 Å². The second-order valence-electron chi connectivity index (χ2n) is 3.36. The average Bonchev–Trinajstić information content (AvgIpc) is 1.67. The Hall–Kier alpha value is -0.170. The molecular formula is C6H12N2O3S. The van der Waals surface area contributed by atoms with Gasteiger partial charge in [-0.2, -0.15) is 0 Å². The zero-order chi connectivity index (χ0) is 8.77. The number of hydrogen-bond donors (Lipinski definition) is 1. The molecule has 2 aliphatic heterocycles. The predicted octanol–water partition coefficient (Wildman–Crippen LogP) is -1.64. The van der Waals surface area contributed by atoms with Gasteiger partial charge < -0.3 is 4.74 Å². The van der Waals surface area contributed by atoms with Gasteiger partial charge in [0, 0.05) is 13.1 Å². The van der Waals surface area contributed by atoms with E-state index in [0.717, 1.165) is 13.2 Å². The number of nitrogens with zero attached hydrogens (tertiary/aromatic N) is 1. The monoisotopic (exact) mass is 192 g/mol. The molecule has 2 rings (SSSR count). The molecule has 0 unspecified atom stereocenters. The van der Waals surface area contributed by atoms with Crippen LogP contribution in [0.5, 0.6) is 0 Å². The fourth-order valence-corrected chi connectivity index (χ4v) is 2.21. The molecule has 0 radical (unpaired) electrons. The molecule has 2 N–H and O–H groups in total. The van der Waals surface area contributed by atoms with Gasteiger partial charge in [-0.25, -0.2) is 13.6 Å². The summed E-state index contributed by atoms with van der Waals surface area (Å²) >= 11 is 0. The molecule has 0 aromatic carbocycles. The zero-order valence-electron chi connectivity index (χ0n) is 6.64. The molecule has 0 bridgehead atoms. The first-order valence-corrected chi connectivity index (χ1v) is 5.52. The summed E-state index contributed by atoms with van der Waals surface area (Å²) in [5.74, 6) is 0. The minimum atomic E-state index is -3.30. The van der Waals surface area contributed by atoms with Crippen molar-refractivity contribution in [2.45, 2.75) is 11.3 Å². The van der Waals surface area contributed by atoms with E-state index in [-0.39, 0.29) is 5.25 Å². The lowest BCUT2D eigenvalue weighted by Gasteiger charge is -2.46. The first-order valence-electron chi connectivity index (χ1n) is 3.91. The van der Waals surface area contributed by atoms with E-state index in [4.69, 9.17) is 9.88 Å². The SMILES string of the molecule is NS(=O)(=O)C1CN(C2COC2)C1. The maximum absolute atomic E-state index is 10.8. The molecule has 5 nitrogen and oxygen atoms in total. The van der Waals surface area contributed by atoms with Crippen molar-refractivity contribution >= 4 is 10.0 Å². The van der Waals surface area contributed by atoms with Crippen LogP contribution in [-0.4, -0.2) is 50.9 Å². The first-order chi connectivity index (χ1) is 5.57. The van der Waals surface area contributed by atoms with Crippen LogP contribution >= 0.6 is 0 Å². The van der Waals surface area contributed by atoms with Gasteiger partial charge in [-0.15, -0.1) is 0 Å². The van der Waals surface area contributed by atoms with E-state index >= 15 is 0 Å². The van der Waals surface area contributed by atoms with Crippen molar-refractivity contribution in [1.82, 2.24) is 4.90 Å². The molecule has 6 heteroatoms. The minimum Gasteiger partial charge on any atom is -0.378 e. The molecule has 12 heavy (non-hydrogen) atoms. The summed E-state index contributed by atoms with van der Waals surface area (Å²) in [5, 5.41) is 4.63. The Morgan fingerprint density at radius 3 is 2.25 bits per heavy atom. The van der Waals surface area contributed by atoms with Gasteiger partial charge in [-0.05, 0) is 0 Å². The Labute approximate surface area is 71.5 Å². The van der Waals surface area contributed by atoms with Gasteiger partial charge in [-0.3, -0.25) is 4.90 Å². The molecule has 2 fully saturated rings. The number of rotatable bonds is 2. The summed E-state index contributed by atoms with van der Waals surface area (Å²) in [6.45, 7) is 2.62. The number of ether oxygens (including phenoxy) is 1. The summed E-state index contributed by atoms with van der Waals surface area (Å²) in [6.07, 6.45) is 0. The van der Waals surface area contributed by atoms with Crippen LogP contribution in [0.15, 0.2) is 0 Å². The second-order valence-corrected chi connectivity index (χ2v) is 5.20. The molecule has 70 valence electrons. The topological polar surface area (TPSA) is 72.6 Å². The molecule has 0 aliphatic carbocycles. The van der Waals surface area contributed by atoms with Gasteiger partial charge in [-0.1, -0.05) is 0 Å². The highest BCUT2D eigenvalue weighted by Gasteiger charge is 2.40. The van der Waals surface area contributed by atoms with Gasteiger partial charge >= 0.3 is 0 Å². The third-order valence-corrected chi connectivity index (χ3v) is 3.71. The molecule has 2 saturated heterocycles. The summed E-state index contributed by atoms with van der Waals surface area (Å²) in [4.78, 5) is 2.10. The summed E-state index contributed by atoms with van der Waals surface area (Å²) in [6, 6.07) is 0.433. The highest BCUT2D eigenvalue weighted by molar-refractivity contribution is 7.89. The van der Waals surface area contributed by atoms with Gasteiger partial charge in [0.25, 0.3) is 0 Å². The maximum atomic E-state index is 10.8. The largest absolute Gasteiger partial charge is 0.378 e. The molecular weight excluding hydrogens is 180 g/mol. The van der Waals surface area contributed by atoms with Crippen molar-refractivity contribution in [3.05, 3.63) is 0 Å². The molecule has 0 saturated carbocycles. The van der Waals surface area contributed by atoms with E-state index in [1.807, 2.05) is 0 Å². The molecule has 2 heterocycles. The number of primary sulfonamides is 1. The van der Waals surface area contributed by atoms with E-state index in [1.165, 1.54) is 0 Å². The summed E-state index contributed by atoms with van der Waals surface area (Å²) < 4.78 is 26.6. The molecule has 0 aromatic rings. The quantitative estimate of drug-likeness (QED) is 0.569. The second kappa shape index (κ2) is 2.66. The van der Waals surface area contributed by atoms with E-state index in [9.17, 15) is 8.42 Å². The van der Waals surface area contributed by atoms with Crippen molar-refractivity contribution in [3.8, 4) is 0 Å². The van der Waals surface area contributed by atoms with Gasteiger partial charge in [0.1, 0.15) is 5.25 Å². The predicted molar refractivity (Wildman–Crippen MR) is 43.1 cm³/mol. The molecule has 0 aromatic heterocycles. The molecule has 0 spiro atoms. The van der Waals surface area contributed by atoms with Crippen molar-refractivity contribution in [2.75, 3.05) is 26.3 Å². The van der Waals surface area contributed by atoms with Gasteiger partial charge in [0.05, 0.1) is 19.3 Å². The van der Waals surface area contributed by atoms with Crippen LogP contribution in [0.3, 0.4) is 0 Å². The molecule has 0 amide bonds. The zero-order valence-corrected chi connectivity index (χ0v) is 7.46. The van der Waals surface area contributed by atoms with E-state index < -0.39 is 10.0 Å². The highest BCUT2D eigenvalue weighted by Crippen LogP contribution is 2.21. The van der Waals surface area contributed by atoms with Crippen LogP contribution < -0.4 is 5.14 Å². The lowest BCUT2D eigenvalue weighted by Crippen LogP contribution is -2.64. The molecule has 2 aliphatic rings. The maximum Gasteiger partial charge on any atom is 0.214 e. The Morgan fingerprint density at radius 1 is 1.33 bits per heavy atom. The first kappa shape index (κ1) is 8.43. The Bertz CT molecular complexity index is 267. The van der Waals surface area contributed by atoms with Crippen molar-refractivity contribution < 1.29 is 13.2 Å². The van der Waals surface area contributed by atoms with Crippen molar-refractivity contribution in [1.29, 1.82) is 0 Å². The number of sulfonamides is 1. The number of nitrogens with two attached hydrogens (primary N) is 1. The standard InChI is InChI=1S/C6H12N2O3S/c7-12(9,10)6-1-8(2-6)5-3-11-4-5/h5-6H,1-4H2,(H2,7,9,10). The van der Waals surface area contributed by atoms with Crippen molar-refractivity contribution in [2.24, 2.45) is 5.14 Å². The third kappa shape index (κ3) is 1.35. The smallest absolute Gasteiger partial charge is 0.214 e. The van der Waals surface area contributed by atoms with Crippen LogP contribution in [0.4, 0.5) is 0 Å². The van der Waals surface area contributed by atoms with Crippen LogP contribution in [0, 0.1) is 0 Å². The van der Waals surface area contributed by atoms with Gasteiger partial charge in [0.2, 0.25) is 10.0 Å². The van der Waals surface area contributed by atoms with E-state index in [1.54, 1.807) is 0 Å². The summed E-state index contributed by atoms with van der Waals surface area (Å²) in [5.41, 5.74) is 0. The van der Waals surface area contributed by atoms with Crippen LogP contribution in [0.2, 0.25) is 0 Å².